The molecule has 0 spiro atoms. The number of hydrogen-bond donors (Lipinski definition) is 1. The number of nitrogens with one attached hydrogen (secondary N) is 1. The first-order valence-corrected chi connectivity index (χ1v) is 7.75. The number of benzene rings is 1. The quantitative estimate of drug-likeness (QED) is 0.780. The molecule has 20 heavy (non-hydrogen) atoms. The molecule has 6 heteroatoms. The van der Waals surface area contributed by atoms with Crippen molar-refractivity contribution in [3.05, 3.63) is 35.9 Å². The molecule has 0 aliphatic heterocycles. The monoisotopic (exact) mass is 298 g/mol. The Bertz CT molecular complexity index is 436. The standard InChI is InChI=1S/C14H20NO4P/c1-11(2)9-13(20(17)18-3)15-14(16)19-10-12-7-5-4-6-8-12/h4-8,11,13H,9-10H2,1-3H3/p+1. The molecule has 1 aromatic carbocycles. The lowest BCUT2D eigenvalue weighted by molar-refractivity contribution is 0.137. The summed E-state index contributed by atoms with van der Waals surface area (Å²) < 4.78 is 21.6. The van der Waals surface area contributed by atoms with E-state index in [2.05, 4.69) is 5.32 Å². The van der Waals surface area contributed by atoms with Crippen molar-refractivity contribution in [2.24, 2.45) is 5.92 Å². The third-order valence-electron chi connectivity index (χ3n) is 2.63. The Hall–Kier alpha value is -1.45. The summed E-state index contributed by atoms with van der Waals surface area (Å²) in [5.41, 5.74) is 0.902. The molecule has 0 heterocycles. The molecule has 5 nitrogen and oxygen atoms in total. The number of carbonyl (C=O) groups is 1. The lowest BCUT2D eigenvalue weighted by atomic mass is 10.1. The summed E-state index contributed by atoms with van der Waals surface area (Å²) in [6.45, 7) is 4.16. The van der Waals surface area contributed by atoms with Crippen LogP contribution < -0.4 is 5.32 Å². The Balaban J connectivity index is 2.47. The highest BCUT2D eigenvalue weighted by Crippen LogP contribution is 2.30. The van der Waals surface area contributed by atoms with E-state index in [-0.39, 0.29) is 6.61 Å². The largest absolute Gasteiger partial charge is 0.533 e. The molecule has 1 N–H and O–H groups in total. The van der Waals surface area contributed by atoms with Gasteiger partial charge in [-0.05, 0) is 16.0 Å². The first-order valence-electron chi connectivity index (χ1n) is 6.50. The predicted molar refractivity (Wildman–Crippen MR) is 77.6 cm³/mol. The lowest BCUT2D eigenvalue weighted by Crippen LogP contribution is -2.34. The number of ether oxygens (including phenoxy) is 1. The van der Waals surface area contributed by atoms with Gasteiger partial charge in [0.2, 0.25) is 0 Å². The zero-order valence-corrected chi connectivity index (χ0v) is 12.9. The van der Waals surface area contributed by atoms with Crippen LogP contribution >= 0.6 is 8.03 Å². The summed E-state index contributed by atoms with van der Waals surface area (Å²) in [5.74, 6) is -0.234. The topological polar surface area (TPSA) is 64.6 Å². The Labute approximate surface area is 120 Å². The van der Waals surface area contributed by atoms with Crippen LogP contribution in [0.5, 0.6) is 0 Å². The molecule has 0 bridgehead atoms. The number of carbonyl (C=O) groups excluding carboxylic acids is 1. The van der Waals surface area contributed by atoms with Crippen molar-refractivity contribution in [1.29, 1.82) is 0 Å². The van der Waals surface area contributed by atoms with E-state index in [0.717, 1.165) is 5.56 Å². The molecule has 0 radical (unpaired) electrons. The molecule has 0 aromatic heterocycles. The van der Waals surface area contributed by atoms with Crippen LogP contribution in [0.4, 0.5) is 4.79 Å². The Morgan fingerprint density at radius 3 is 2.50 bits per heavy atom. The summed E-state index contributed by atoms with van der Waals surface area (Å²) >= 11 is 0. The fraction of sp³-hybridized carbons (Fsp3) is 0.500. The van der Waals surface area contributed by atoms with Crippen molar-refractivity contribution in [3.8, 4) is 0 Å². The highest BCUT2D eigenvalue weighted by atomic mass is 31.1. The highest BCUT2D eigenvalue weighted by Gasteiger charge is 2.34. The van der Waals surface area contributed by atoms with Gasteiger partial charge in [-0.25, -0.2) is 4.79 Å². The zero-order valence-electron chi connectivity index (χ0n) is 12.0. The maximum Gasteiger partial charge on any atom is 0.533 e. The molecule has 0 saturated heterocycles. The number of alkyl carbamates (subject to hydrolysis) is 1. The lowest BCUT2D eigenvalue weighted by Gasteiger charge is -2.11. The SMILES string of the molecule is CO[P+](=O)C(CC(C)C)NC(=O)OCc1ccccc1. The first kappa shape index (κ1) is 16.6. The van der Waals surface area contributed by atoms with Crippen molar-refractivity contribution in [1.82, 2.24) is 5.32 Å². The van der Waals surface area contributed by atoms with E-state index in [1.54, 1.807) is 0 Å². The van der Waals surface area contributed by atoms with Crippen LogP contribution in [0.15, 0.2) is 30.3 Å². The van der Waals surface area contributed by atoms with Gasteiger partial charge in [0.1, 0.15) is 6.61 Å². The van der Waals surface area contributed by atoms with Gasteiger partial charge >= 0.3 is 14.1 Å². The van der Waals surface area contributed by atoms with E-state index in [4.69, 9.17) is 9.26 Å². The number of rotatable bonds is 7. The van der Waals surface area contributed by atoms with Crippen LogP contribution in [0.2, 0.25) is 0 Å². The van der Waals surface area contributed by atoms with Gasteiger partial charge in [0.15, 0.2) is 0 Å². The highest BCUT2D eigenvalue weighted by molar-refractivity contribution is 7.40. The van der Waals surface area contributed by atoms with Crippen LogP contribution in [0.25, 0.3) is 0 Å². The van der Waals surface area contributed by atoms with Gasteiger partial charge in [-0.1, -0.05) is 44.2 Å². The summed E-state index contributed by atoms with van der Waals surface area (Å²) in [6.07, 6.45) is -0.0105. The van der Waals surface area contributed by atoms with Gasteiger partial charge in [0.05, 0.1) is 7.11 Å². The van der Waals surface area contributed by atoms with Gasteiger partial charge < -0.3 is 4.74 Å². The van der Waals surface area contributed by atoms with Crippen LogP contribution in [0.3, 0.4) is 0 Å². The molecule has 2 atom stereocenters. The molecule has 0 fully saturated rings. The van der Waals surface area contributed by atoms with Gasteiger partial charge in [-0.2, -0.15) is 0 Å². The van der Waals surface area contributed by atoms with Crippen LogP contribution in [-0.2, 0) is 20.4 Å². The molecule has 1 aromatic rings. The average molecular weight is 298 g/mol. The van der Waals surface area contributed by atoms with Crippen molar-refractivity contribution in [3.63, 3.8) is 0 Å². The van der Waals surface area contributed by atoms with E-state index in [1.165, 1.54) is 7.11 Å². The second kappa shape index (κ2) is 8.67. The molecular weight excluding hydrogens is 277 g/mol. The minimum atomic E-state index is -1.93. The molecule has 0 saturated carbocycles. The van der Waals surface area contributed by atoms with Crippen molar-refractivity contribution in [2.45, 2.75) is 32.7 Å². The molecule has 1 amide bonds. The summed E-state index contributed by atoms with van der Waals surface area (Å²) in [6, 6.07) is 9.38. The fourth-order valence-electron chi connectivity index (χ4n) is 1.67. The smallest absolute Gasteiger partial charge is 0.445 e. The minimum Gasteiger partial charge on any atom is -0.445 e. The van der Waals surface area contributed by atoms with Crippen molar-refractivity contribution in [2.75, 3.05) is 7.11 Å². The molecule has 1 rings (SSSR count). The number of amides is 1. The van der Waals surface area contributed by atoms with Crippen LogP contribution in [0.1, 0.15) is 25.8 Å². The minimum absolute atomic E-state index is 0.185. The van der Waals surface area contributed by atoms with Crippen molar-refractivity contribution < 1.29 is 18.6 Å². The Morgan fingerprint density at radius 2 is 1.95 bits per heavy atom. The van der Waals surface area contributed by atoms with Gasteiger partial charge in [-0.15, -0.1) is 4.52 Å². The van der Waals surface area contributed by atoms with Gasteiger partial charge in [0, 0.05) is 6.42 Å². The van der Waals surface area contributed by atoms with E-state index in [0.29, 0.717) is 12.3 Å². The maximum atomic E-state index is 11.7. The van der Waals surface area contributed by atoms with E-state index in [9.17, 15) is 9.36 Å². The summed E-state index contributed by atoms with van der Waals surface area (Å²) in [5, 5.41) is 2.60. The second-order valence-corrected chi connectivity index (χ2v) is 6.38. The zero-order chi connectivity index (χ0) is 15.0. The Morgan fingerprint density at radius 1 is 1.30 bits per heavy atom. The summed E-state index contributed by atoms with van der Waals surface area (Å²) in [7, 11) is -0.570. The third-order valence-corrected chi connectivity index (χ3v) is 3.84. The van der Waals surface area contributed by atoms with Gasteiger partial charge in [0.25, 0.3) is 5.78 Å². The van der Waals surface area contributed by atoms with Crippen LogP contribution in [-0.4, -0.2) is 19.0 Å². The van der Waals surface area contributed by atoms with Gasteiger partial charge in [-0.3, -0.25) is 5.32 Å². The predicted octanol–water partition coefficient (Wildman–Crippen LogP) is 3.67. The number of hydrogen-bond acceptors (Lipinski definition) is 4. The fourth-order valence-corrected chi connectivity index (χ4v) is 2.73. The average Bonchev–Trinajstić information content (AvgIpc) is 2.44. The van der Waals surface area contributed by atoms with E-state index in [1.807, 2.05) is 44.2 Å². The van der Waals surface area contributed by atoms with E-state index >= 15 is 0 Å². The van der Waals surface area contributed by atoms with Crippen LogP contribution in [0, 0.1) is 5.92 Å². The Kier molecular flexibility index (Phi) is 7.20. The molecule has 0 aliphatic rings. The molecule has 110 valence electrons. The maximum absolute atomic E-state index is 11.7. The molecular formula is C14H21NO4P+. The summed E-state index contributed by atoms with van der Waals surface area (Å²) in [4.78, 5) is 11.7. The first-order chi connectivity index (χ1) is 9.52. The second-order valence-electron chi connectivity index (χ2n) is 4.82. The molecule has 2 unspecified atom stereocenters. The molecule has 0 aliphatic carbocycles. The van der Waals surface area contributed by atoms with E-state index < -0.39 is 19.9 Å². The normalized spacial score (nSPS) is 12.9. The third kappa shape index (κ3) is 6.13. The van der Waals surface area contributed by atoms with Crippen molar-refractivity contribution >= 4 is 14.1 Å².